The van der Waals surface area contributed by atoms with Crippen molar-refractivity contribution in [1.29, 1.82) is 0 Å². The summed E-state index contributed by atoms with van der Waals surface area (Å²) < 4.78 is 0. The normalized spacial score (nSPS) is 10.5. The van der Waals surface area contributed by atoms with Crippen molar-refractivity contribution in [2.24, 2.45) is 0 Å². The summed E-state index contributed by atoms with van der Waals surface area (Å²) in [7, 11) is 0. The van der Waals surface area contributed by atoms with E-state index < -0.39 is 0 Å². The fourth-order valence-corrected chi connectivity index (χ4v) is 15.4. The highest BCUT2D eigenvalue weighted by Crippen LogP contribution is 2.41. The van der Waals surface area contributed by atoms with Crippen molar-refractivity contribution < 1.29 is 15.3 Å². The van der Waals surface area contributed by atoms with Crippen LogP contribution in [0.1, 0.15) is 54.2 Å². The van der Waals surface area contributed by atoms with Gasteiger partial charge < -0.3 is 15.3 Å². The third-order valence-electron chi connectivity index (χ3n) is 21.2. The molecule has 0 radical (unpaired) electrons. The Hall–Kier alpha value is -15.2. The first kappa shape index (κ1) is 75.8. The first-order chi connectivity index (χ1) is 57.7. The molecule has 0 heterocycles. The van der Waals surface area contributed by atoms with Gasteiger partial charge in [-0.15, -0.1) is 17.8 Å². The van der Waals surface area contributed by atoms with Crippen LogP contribution in [0, 0.1) is 71.0 Å². The van der Waals surface area contributed by atoms with Gasteiger partial charge in [0.15, 0.2) is 0 Å². The molecular weight excluding hydrogens is 1420 g/mol. The smallest absolute Gasteiger partial charge is 0.104 e. The second-order valence-electron chi connectivity index (χ2n) is 28.4. The second kappa shape index (κ2) is 35.6. The SMILES string of the molecule is CC#Cc1ccc(-c2ccc(-c3cc(-c4ccc(-c5ccc(C#CC)cc5)cc4)cc(-c4ccc(-c5ccc(C#CC)cc5)cc4)c3)cc2)cc1.OCC#Cc1ccc(-c2ccc(-c3cc(-c4ccc(-c5ccc(C#CCO)c6ccccc56)cc4)cc(-c4ccc(-c5ccc(C#CCO)c6ccccc56)cc4)c3)cc2)c2ccccc12. The molecule has 0 fully saturated rings. The Kier molecular flexibility index (Phi) is 23.1. The molecule has 0 saturated carbocycles. The van der Waals surface area contributed by atoms with Crippen molar-refractivity contribution in [2.45, 2.75) is 20.8 Å². The standard InChI is InChI=1S/C63H42O3.C51H36/c64-37-7-10-46-31-34-58(61-16-4-1-13-55(46)61)49-25-19-43(20-26-49)52-40-53(44-21-27-50(28-22-44)59-35-32-47(11-8-38-65)56-14-2-5-17-62(56)59)42-54(41-52)45-23-29-51(30-24-45)60-36-33-48(12-9-39-66)57-15-3-6-18-63(57)60;1-4-7-37-10-16-40(17-11-37)43-22-28-46(29-23-43)49-34-50(47-30-24-44(25-31-47)41-18-12-38(8-5-2)13-19-41)36-51(35-49)48-32-26-45(27-33-48)42-20-14-39(9-6-3)15-21-42/h1-6,13-36,40-42,64-66H,37-39H2;10-36H,1-3H3. The number of rotatable bonds is 12. The molecular formula is C114H78O3. The van der Waals surface area contributed by atoms with Crippen molar-refractivity contribution in [3.8, 4) is 205 Å². The highest BCUT2D eigenvalue weighted by Gasteiger charge is 2.16. The summed E-state index contributed by atoms with van der Waals surface area (Å²) in [6.07, 6.45) is 0. The fraction of sp³-hybridized carbons (Fsp3) is 0.0526. The van der Waals surface area contributed by atoms with Gasteiger partial charge in [0.2, 0.25) is 0 Å². The summed E-state index contributed by atoms with van der Waals surface area (Å²) >= 11 is 0. The fourth-order valence-electron chi connectivity index (χ4n) is 15.4. The summed E-state index contributed by atoms with van der Waals surface area (Å²) in [4.78, 5) is 0. The van der Waals surface area contributed by atoms with Gasteiger partial charge in [-0.05, 0) is 278 Å². The number of aliphatic hydroxyl groups is 3. The zero-order valence-electron chi connectivity index (χ0n) is 65.1. The number of hydrogen-bond acceptors (Lipinski definition) is 3. The Balaban J connectivity index is 0.000000181. The summed E-state index contributed by atoms with van der Waals surface area (Å²) in [5, 5.41) is 34.6. The highest BCUT2D eigenvalue weighted by molar-refractivity contribution is 6.03. The van der Waals surface area contributed by atoms with Crippen LogP contribution in [0.15, 0.2) is 364 Å². The van der Waals surface area contributed by atoms with Crippen LogP contribution in [-0.4, -0.2) is 35.1 Å². The molecule has 0 saturated heterocycles. The van der Waals surface area contributed by atoms with Gasteiger partial charge in [0.05, 0.1) is 0 Å². The van der Waals surface area contributed by atoms with Crippen LogP contribution in [0.4, 0.5) is 0 Å². The molecule has 0 bridgehead atoms. The third kappa shape index (κ3) is 17.1. The molecule has 0 aromatic heterocycles. The third-order valence-corrected chi connectivity index (χ3v) is 21.2. The summed E-state index contributed by atoms with van der Waals surface area (Å²) in [5.41, 5.74) is 33.3. The monoisotopic (exact) mass is 1490 g/mol. The van der Waals surface area contributed by atoms with Gasteiger partial charge in [0.1, 0.15) is 19.8 Å². The Morgan fingerprint density at radius 3 is 0.530 bits per heavy atom. The van der Waals surface area contributed by atoms with E-state index in [0.717, 1.165) is 132 Å². The topological polar surface area (TPSA) is 60.7 Å². The predicted molar refractivity (Wildman–Crippen MR) is 490 cm³/mol. The molecule has 552 valence electrons. The lowest BCUT2D eigenvalue weighted by molar-refractivity contribution is 0.350. The van der Waals surface area contributed by atoms with Crippen molar-refractivity contribution in [1.82, 2.24) is 0 Å². The van der Waals surface area contributed by atoms with Gasteiger partial charge in [-0.1, -0.05) is 326 Å². The highest BCUT2D eigenvalue weighted by atomic mass is 16.3. The Labute approximate surface area is 685 Å². The van der Waals surface area contributed by atoms with Crippen molar-refractivity contribution >= 4 is 32.3 Å². The maximum Gasteiger partial charge on any atom is 0.104 e. The van der Waals surface area contributed by atoms with Crippen LogP contribution >= 0.6 is 0 Å². The zero-order chi connectivity index (χ0) is 79.8. The number of hydrogen-bond donors (Lipinski definition) is 3. The van der Waals surface area contributed by atoms with Crippen molar-refractivity contribution in [2.75, 3.05) is 19.8 Å². The minimum atomic E-state index is -0.179. The molecule has 0 amide bonds. The molecule has 3 N–H and O–H groups in total. The van der Waals surface area contributed by atoms with Crippen LogP contribution < -0.4 is 0 Å². The van der Waals surface area contributed by atoms with Gasteiger partial charge in [-0.3, -0.25) is 0 Å². The first-order valence-corrected chi connectivity index (χ1v) is 39.1. The number of aliphatic hydroxyl groups excluding tert-OH is 3. The second-order valence-corrected chi connectivity index (χ2v) is 28.4. The molecule has 0 atom stereocenters. The van der Waals surface area contributed by atoms with E-state index in [-0.39, 0.29) is 19.8 Å². The molecule has 0 unspecified atom stereocenters. The summed E-state index contributed by atoms with van der Waals surface area (Å²) in [6, 6.07) is 129. The Morgan fingerprint density at radius 2 is 0.342 bits per heavy atom. The van der Waals surface area contributed by atoms with Gasteiger partial charge in [-0.2, -0.15) is 0 Å². The van der Waals surface area contributed by atoms with E-state index in [9.17, 15) is 15.3 Å². The van der Waals surface area contributed by atoms with Crippen LogP contribution in [0.5, 0.6) is 0 Å². The van der Waals surface area contributed by atoms with Gasteiger partial charge >= 0.3 is 0 Å². The van der Waals surface area contributed by atoms with E-state index in [0.29, 0.717) is 0 Å². The molecule has 0 aliphatic heterocycles. The molecule has 17 aromatic rings. The summed E-state index contributed by atoms with van der Waals surface area (Å²) in [5.74, 6) is 36.1. The Bertz CT molecular complexity index is 6260. The van der Waals surface area contributed by atoms with E-state index in [1.807, 2.05) is 57.2 Å². The van der Waals surface area contributed by atoms with Crippen LogP contribution in [0.2, 0.25) is 0 Å². The quantitative estimate of drug-likeness (QED) is 0.107. The maximum absolute atomic E-state index is 9.35. The minimum absolute atomic E-state index is 0.179. The van der Waals surface area contributed by atoms with Gasteiger partial charge in [0, 0.05) is 33.4 Å². The minimum Gasteiger partial charge on any atom is -0.384 e. The lowest BCUT2D eigenvalue weighted by Gasteiger charge is -2.14. The molecule has 3 heteroatoms. The molecule has 17 rings (SSSR count). The van der Waals surface area contributed by atoms with E-state index in [4.69, 9.17) is 0 Å². The van der Waals surface area contributed by atoms with Crippen molar-refractivity contribution in [3.05, 3.63) is 397 Å². The van der Waals surface area contributed by atoms with Crippen LogP contribution in [0.3, 0.4) is 0 Å². The molecule has 0 spiro atoms. The average molecular weight is 1500 g/mol. The van der Waals surface area contributed by atoms with Crippen LogP contribution in [-0.2, 0) is 0 Å². The molecule has 3 nitrogen and oxygen atoms in total. The molecule has 0 aliphatic carbocycles. The maximum atomic E-state index is 9.35. The van der Waals surface area contributed by atoms with E-state index in [1.165, 1.54) is 66.8 Å². The lowest BCUT2D eigenvalue weighted by Crippen LogP contribution is -1.89. The van der Waals surface area contributed by atoms with E-state index in [2.05, 4.69) is 399 Å². The largest absolute Gasteiger partial charge is 0.384 e. The van der Waals surface area contributed by atoms with E-state index >= 15 is 0 Å². The summed E-state index contributed by atoms with van der Waals surface area (Å²) in [6.45, 7) is 5.06. The lowest BCUT2D eigenvalue weighted by atomic mass is 9.90. The first-order valence-electron chi connectivity index (χ1n) is 39.1. The van der Waals surface area contributed by atoms with Crippen LogP contribution in [0.25, 0.3) is 166 Å². The molecule has 0 aliphatic rings. The molecule has 117 heavy (non-hydrogen) atoms. The number of fused-ring (bicyclic) bond motifs is 3. The predicted octanol–water partition coefficient (Wildman–Crippen LogP) is 26.0. The molecule has 17 aromatic carbocycles. The van der Waals surface area contributed by atoms with Gasteiger partial charge in [-0.25, -0.2) is 0 Å². The van der Waals surface area contributed by atoms with Crippen molar-refractivity contribution in [3.63, 3.8) is 0 Å². The zero-order valence-corrected chi connectivity index (χ0v) is 65.1. The van der Waals surface area contributed by atoms with Gasteiger partial charge in [0.25, 0.3) is 0 Å². The van der Waals surface area contributed by atoms with E-state index in [1.54, 1.807) is 0 Å². The average Bonchev–Trinajstić information content (AvgIpc) is 0.776. The Morgan fingerprint density at radius 1 is 0.171 bits per heavy atom. The number of benzene rings is 17.